The molecule has 1 aliphatic heterocycles. The van der Waals surface area contributed by atoms with E-state index in [4.69, 9.17) is 9.47 Å². The monoisotopic (exact) mass is 410 g/mol. The fraction of sp³-hybridized carbons (Fsp3) is 0.611. The summed E-state index contributed by atoms with van der Waals surface area (Å²) in [5.74, 6) is 0.362. The molecule has 1 unspecified atom stereocenters. The number of amides is 1. The third-order valence-corrected chi connectivity index (χ3v) is 4.38. The normalized spacial score (nSPS) is 16.8. The van der Waals surface area contributed by atoms with Crippen molar-refractivity contribution in [1.82, 2.24) is 10.2 Å². The van der Waals surface area contributed by atoms with Gasteiger partial charge in [0.05, 0.1) is 7.11 Å². The summed E-state index contributed by atoms with van der Waals surface area (Å²) in [4.78, 5) is 14.4. The molecule has 1 fully saturated rings. The van der Waals surface area contributed by atoms with Gasteiger partial charge in [-0.1, -0.05) is 6.07 Å². The van der Waals surface area contributed by atoms with E-state index in [2.05, 4.69) is 5.32 Å². The zero-order valence-electron chi connectivity index (χ0n) is 15.5. The maximum absolute atomic E-state index is 12.5. The molecule has 1 aliphatic rings. The molecule has 0 aliphatic carbocycles. The lowest BCUT2D eigenvalue weighted by molar-refractivity contribution is -0.153. The van der Waals surface area contributed by atoms with Crippen LogP contribution in [0.4, 0.5) is 13.2 Å². The van der Waals surface area contributed by atoms with Gasteiger partial charge in [0.25, 0.3) is 0 Å². The first-order valence-corrected chi connectivity index (χ1v) is 8.64. The number of hydrogen-bond donors (Lipinski definition) is 1. The smallest absolute Gasteiger partial charge is 0.422 e. The summed E-state index contributed by atoms with van der Waals surface area (Å²) >= 11 is 0. The fourth-order valence-corrected chi connectivity index (χ4v) is 3.15. The van der Waals surface area contributed by atoms with Gasteiger partial charge in [0.15, 0.2) is 18.1 Å². The summed E-state index contributed by atoms with van der Waals surface area (Å²) in [5, 5.41) is 3.11. The highest BCUT2D eigenvalue weighted by atomic mass is 35.5. The maximum atomic E-state index is 12.5. The van der Waals surface area contributed by atoms with Gasteiger partial charge in [-0.05, 0) is 44.0 Å². The first-order valence-electron chi connectivity index (χ1n) is 8.64. The number of alkyl halides is 3. The molecule has 27 heavy (non-hydrogen) atoms. The Kier molecular flexibility index (Phi) is 9.18. The summed E-state index contributed by atoms with van der Waals surface area (Å²) in [6.45, 7) is 0.187. The number of hydrogen-bond acceptors (Lipinski definition) is 4. The molecular weight excluding hydrogens is 385 g/mol. The van der Waals surface area contributed by atoms with E-state index in [1.165, 1.54) is 13.2 Å². The van der Waals surface area contributed by atoms with E-state index in [0.717, 1.165) is 31.5 Å². The Balaban J connectivity index is 0.00000364. The number of likely N-dealkylation sites (tertiary alicyclic amines) is 1. The minimum absolute atomic E-state index is 0. The number of carbonyl (C=O) groups is 1. The van der Waals surface area contributed by atoms with Gasteiger partial charge < -0.3 is 19.7 Å². The van der Waals surface area contributed by atoms with Crippen molar-refractivity contribution in [1.29, 1.82) is 0 Å². The number of nitrogens with one attached hydrogen (secondary N) is 1. The van der Waals surface area contributed by atoms with Crippen LogP contribution in [0.3, 0.4) is 0 Å². The second kappa shape index (κ2) is 10.6. The van der Waals surface area contributed by atoms with Crippen LogP contribution in [0.5, 0.6) is 11.5 Å². The lowest BCUT2D eigenvalue weighted by Crippen LogP contribution is -2.40. The van der Waals surface area contributed by atoms with Crippen LogP contribution in [0.15, 0.2) is 18.2 Å². The third-order valence-electron chi connectivity index (χ3n) is 4.38. The Bertz CT molecular complexity index is 614. The van der Waals surface area contributed by atoms with Gasteiger partial charge in [-0.15, -0.1) is 12.4 Å². The van der Waals surface area contributed by atoms with Crippen molar-refractivity contribution in [2.75, 3.05) is 33.9 Å². The molecule has 9 heteroatoms. The minimum atomic E-state index is -4.41. The molecule has 1 aromatic carbocycles. The van der Waals surface area contributed by atoms with Crippen LogP contribution >= 0.6 is 12.4 Å². The Labute approximate surface area is 163 Å². The van der Waals surface area contributed by atoms with Crippen molar-refractivity contribution in [2.45, 2.75) is 37.9 Å². The largest absolute Gasteiger partial charge is 0.493 e. The molecule has 154 valence electrons. The van der Waals surface area contributed by atoms with Crippen molar-refractivity contribution in [3.8, 4) is 11.5 Å². The maximum Gasteiger partial charge on any atom is 0.422 e. The highest BCUT2D eigenvalue weighted by Gasteiger charge is 2.29. The Hall–Kier alpha value is -1.67. The average molecular weight is 411 g/mol. The summed E-state index contributed by atoms with van der Waals surface area (Å²) in [5.41, 5.74) is 0.818. The van der Waals surface area contributed by atoms with Gasteiger partial charge in [-0.3, -0.25) is 4.79 Å². The topological polar surface area (TPSA) is 50.8 Å². The molecule has 2 rings (SSSR count). The van der Waals surface area contributed by atoms with Crippen LogP contribution < -0.4 is 14.8 Å². The lowest BCUT2D eigenvalue weighted by Gasteiger charge is -2.24. The lowest BCUT2D eigenvalue weighted by atomic mass is 10.1. The van der Waals surface area contributed by atoms with Gasteiger partial charge in [0, 0.05) is 25.6 Å². The van der Waals surface area contributed by atoms with Crippen LogP contribution in [0.1, 0.15) is 24.8 Å². The SMILES string of the molecule is CNCC1CCCN1C(=O)CCc1ccc(OCC(F)(F)F)c(OC)c1.Cl. The molecule has 1 amide bonds. The van der Waals surface area contributed by atoms with Crippen molar-refractivity contribution in [3.05, 3.63) is 23.8 Å². The van der Waals surface area contributed by atoms with Crippen LogP contribution in [0.2, 0.25) is 0 Å². The molecule has 0 saturated carbocycles. The Morgan fingerprint density at radius 1 is 1.33 bits per heavy atom. The summed E-state index contributed by atoms with van der Waals surface area (Å²) < 4.78 is 46.7. The van der Waals surface area contributed by atoms with Crippen molar-refractivity contribution >= 4 is 18.3 Å². The number of ether oxygens (including phenoxy) is 2. The number of benzene rings is 1. The average Bonchev–Trinajstić information content (AvgIpc) is 3.06. The van der Waals surface area contributed by atoms with E-state index in [-0.39, 0.29) is 35.9 Å². The third kappa shape index (κ3) is 7.10. The van der Waals surface area contributed by atoms with Gasteiger partial charge in [0.2, 0.25) is 5.91 Å². The predicted octanol–water partition coefficient (Wildman–Crippen LogP) is 3.20. The Morgan fingerprint density at radius 3 is 2.70 bits per heavy atom. The van der Waals surface area contributed by atoms with Crippen molar-refractivity contribution in [3.63, 3.8) is 0 Å². The van der Waals surface area contributed by atoms with Gasteiger partial charge in [-0.2, -0.15) is 13.2 Å². The first-order chi connectivity index (χ1) is 12.3. The molecule has 0 aromatic heterocycles. The van der Waals surface area contributed by atoms with Crippen LogP contribution in [0, 0.1) is 0 Å². The van der Waals surface area contributed by atoms with Gasteiger partial charge in [-0.25, -0.2) is 0 Å². The Morgan fingerprint density at radius 2 is 2.07 bits per heavy atom. The quantitative estimate of drug-likeness (QED) is 0.715. The van der Waals surface area contributed by atoms with Gasteiger partial charge in [0.1, 0.15) is 0 Å². The van der Waals surface area contributed by atoms with Crippen LogP contribution in [-0.2, 0) is 11.2 Å². The number of methoxy groups -OCH3 is 1. The van der Waals surface area contributed by atoms with Gasteiger partial charge >= 0.3 is 6.18 Å². The number of aryl methyl sites for hydroxylation is 1. The van der Waals surface area contributed by atoms with E-state index >= 15 is 0 Å². The molecular formula is C18H26ClF3N2O3. The molecule has 1 N–H and O–H groups in total. The molecule has 1 aromatic rings. The second-order valence-electron chi connectivity index (χ2n) is 6.33. The summed E-state index contributed by atoms with van der Waals surface area (Å²) in [6, 6.07) is 4.97. The summed E-state index contributed by atoms with van der Waals surface area (Å²) in [7, 11) is 3.24. The fourth-order valence-electron chi connectivity index (χ4n) is 3.15. The second-order valence-corrected chi connectivity index (χ2v) is 6.33. The number of carbonyl (C=O) groups excluding carboxylic acids is 1. The highest BCUT2D eigenvalue weighted by molar-refractivity contribution is 5.85. The molecule has 0 bridgehead atoms. The standard InChI is InChI=1S/C18H25F3N2O3.ClH/c1-22-11-14-4-3-9-23(14)17(24)8-6-13-5-7-15(16(10-13)25-2)26-12-18(19,20)21;/h5,7,10,14,22H,3-4,6,8-9,11-12H2,1-2H3;1H. The predicted molar refractivity (Wildman–Crippen MR) is 98.8 cm³/mol. The number of rotatable bonds is 8. The van der Waals surface area contributed by atoms with Crippen LogP contribution in [-0.4, -0.2) is 56.9 Å². The molecule has 0 spiro atoms. The molecule has 1 atom stereocenters. The minimum Gasteiger partial charge on any atom is -0.493 e. The van der Waals surface area contributed by atoms with Crippen molar-refractivity contribution in [2.24, 2.45) is 0 Å². The van der Waals surface area contributed by atoms with Crippen LogP contribution in [0.25, 0.3) is 0 Å². The molecule has 0 radical (unpaired) electrons. The highest BCUT2D eigenvalue weighted by Crippen LogP contribution is 2.30. The number of halogens is 4. The number of likely N-dealkylation sites (N-methyl/N-ethyl adjacent to an activating group) is 1. The van der Waals surface area contributed by atoms with E-state index in [1.54, 1.807) is 12.1 Å². The molecule has 1 saturated heterocycles. The van der Waals surface area contributed by atoms with E-state index in [9.17, 15) is 18.0 Å². The first kappa shape index (κ1) is 23.4. The van der Waals surface area contributed by atoms with E-state index in [1.807, 2.05) is 11.9 Å². The molecule has 1 heterocycles. The van der Waals surface area contributed by atoms with Crippen molar-refractivity contribution < 1.29 is 27.4 Å². The van der Waals surface area contributed by atoms with E-state index < -0.39 is 12.8 Å². The summed E-state index contributed by atoms with van der Waals surface area (Å²) in [6.07, 6.45) is -1.54. The zero-order valence-corrected chi connectivity index (χ0v) is 16.3. The number of nitrogens with zero attached hydrogens (tertiary/aromatic N) is 1. The zero-order chi connectivity index (χ0) is 19.2. The molecule has 5 nitrogen and oxygen atoms in total. The van der Waals surface area contributed by atoms with E-state index in [0.29, 0.717) is 12.8 Å².